The summed E-state index contributed by atoms with van der Waals surface area (Å²) in [5, 5.41) is 9.08. The summed E-state index contributed by atoms with van der Waals surface area (Å²) in [7, 11) is 0. The van der Waals surface area contributed by atoms with Crippen molar-refractivity contribution in [1.29, 1.82) is 0 Å². The first kappa shape index (κ1) is 23.3. The molecule has 0 saturated carbocycles. The van der Waals surface area contributed by atoms with Crippen LogP contribution in [0.3, 0.4) is 0 Å². The molecular formula is C24H27FN4O3S. The van der Waals surface area contributed by atoms with Gasteiger partial charge in [-0.25, -0.2) is 4.39 Å². The largest absolute Gasteiger partial charge is 0.494 e. The highest BCUT2D eigenvalue weighted by molar-refractivity contribution is 7.99. The Labute approximate surface area is 196 Å². The molecule has 0 aliphatic carbocycles. The highest BCUT2D eigenvalue weighted by atomic mass is 32.2. The second kappa shape index (κ2) is 10.4. The number of morpholine rings is 1. The third-order valence-corrected chi connectivity index (χ3v) is 6.16. The normalized spacial score (nSPS) is 18.4. The number of thioether (sulfide) groups is 1. The zero-order valence-electron chi connectivity index (χ0n) is 18.9. The molecule has 0 spiro atoms. The van der Waals surface area contributed by atoms with Crippen molar-refractivity contribution in [1.82, 2.24) is 19.7 Å². The van der Waals surface area contributed by atoms with Gasteiger partial charge in [0.2, 0.25) is 5.91 Å². The van der Waals surface area contributed by atoms with E-state index in [1.165, 1.54) is 17.8 Å². The van der Waals surface area contributed by atoms with Crippen molar-refractivity contribution < 1.29 is 18.7 Å². The monoisotopic (exact) mass is 470 g/mol. The standard InChI is InChI=1S/C24H27FN4O3S/c1-4-31-19-11-9-18(10-12-19)23-26-27-24(29(23)21-8-6-5-7-20(21)25)33-15-22(30)28-13-16(2)32-17(3)14-28/h5-12,16-17H,4,13-15H2,1-3H3. The van der Waals surface area contributed by atoms with E-state index in [4.69, 9.17) is 9.47 Å². The number of amides is 1. The van der Waals surface area contributed by atoms with Gasteiger partial charge >= 0.3 is 0 Å². The van der Waals surface area contributed by atoms with Crippen LogP contribution in [-0.2, 0) is 9.53 Å². The van der Waals surface area contributed by atoms with E-state index in [9.17, 15) is 9.18 Å². The molecule has 2 aromatic carbocycles. The topological polar surface area (TPSA) is 69.5 Å². The molecule has 1 aliphatic rings. The van der Waals surface area contributed by atoms with Crippen molar-refractivity contribution >= 4 is 17.7 Å². The molecule has 2 unspecified atom stereocenters. The maximum atomic E-state index is 14.8. The van der Waals surface area contributed by atoms with Crippen LogP contribution in [0.5, 0.6) is 5.75 Å². The fraction of sp³-hybridized carbons (Fsp3) is 0.375. The van der Waals surface area contributed by atoms with E-state index in [1.807, 2.05) is 49.9 Å². The first-order chi connectivity index (χ1) is 16.0. The highest BCUT2D eigenvalue weighted by Crippen LogP contribution is 2.30. The minimum absolute atomic E-state index is 0.00368. The molecule has 174 valence electrons. The Bertz CT molecular complexity index is 1100. The molecule has 1 aliphatic heterocycles. The number of carbonyl (C=O) groups excluding carboxylic acids is 1. The first-order valence-electron chi connectivity index (χ1n) is 11.0. The third-order valence-electron chi connectivity index (χ3n) is 5.25. The smallest absolute Gasteiger partial charge is 0.233 e. The second-order valence-electron chi connectivity index (χ2n) is 7.90. The predicted molar refractivity (Wildman–Crippen MR) is 125 cm³/mol. The van der Waals surface area contributed by atoms with Crippen LogP contribution in [-0.4, -0.2) is 63.2 Å². The van der Waals surface area contributed by atoms with Crippen LogP contribution in [0.1, 0.15) is 20.8 Å². The number of para-hydroxylation sites is 1. The lowest BCUT2D eigenvalue weighted by Crippen LogP contribution is -2.48. The van der Waals surface area contributed by atoms with Gasteiger partial charge in [-0.1, -0.05) is 23.9 Å². The molecule has 0 N–H and O–H groups in total. The van der Waals surface area contributed by atoms with Gasteiger partial charge < -0.3 is 14.4 Å². The van der Waals surface area contributed by atoms with Crippen LogP contribution in [0.4, 0.5) is 4.39 Å². The van der Waals surface area contributed by atoms with Crippen LogP contribution >= 0.6 is 11.8 Å². The molecule has 3 aromatic rings. The quantitative estimate of drug-likeness (QED) is 0.482. The van der Waals surface area contributed by atoms with Crippen LogP contribution in [0.2, 0.25) is 0 Å². The molecule has 7 nitrogen and oxygen atoms in total. The number of nitrogens with zero attached hydrogens (tertiary/aromatic N) is 4. The van der Waals surface area contributed by atoms with E-state index in [2.05, 4.69) is 10.2 Å². The summed E-state index contributed by atoms with van der Waals surface area (Å²) < 4.78 is 27.7. The zero-order chi connectivity index (χ0) is 23.4. The lowest BCUT2D eigenvalue weighted by Gasteiger charge is -2.35. The van der Waals surface area contributed by atoms with Crippen LogP contribution in [0.15, 0.2) is 53.7 Å². The Morgan fingerprint density at radius 2 is 1.82 bits per heavy atom. The summed E-state index contributed by atoms with van der Waals surface area (Å²) >= 11 is 1.25. The van der Waals surface area contributed by atoms with Gasteiger partial charge in [0.25, 0.3) is 0 Å². The van der Waals surface area contributed by atoms with Gasteiger partial charge in [-0.05, 0) is 57.2 Å². The summed E-state index contributed by atoms with van der Waals surface area (Å²) in [6, 6.07) is 13.9. The summed E-state index contributed by atoms with van der Waals surface area (Å²) in [4.78, 5) is 14.7. The van der Waals surface area contributed by atoms with Gasteiger partial charge in [-0.3, -0.25) is 9.36 Å². The molecule has 0 radical (unpaired) electrons. The van der Waals surface area contributed by atoms with E-state index in [0.29, 0.717) is 36.4 Å². The van der Waals surface area contributed by atoms with Crippen LogP contribution < -0.4 is 4.74 Å². The fourth-order valence-corrected chi connectivity index (χ4v) is 4.71. The molecule has 0 bridgehead atoms. The van der Waals surface area contributed by atoms with E-state index < -0.39 is 5.82 Å². The van der Waals surface area contributed by atoms with Crippen molar-refractivity contribution in [3.63, 3.8) is 0 Å². The number of ether oxygens (including phenoxy) is 2. The average Bonchev–Trinajstić information content (AvgIpc) is 3.21. The average molecular weight is 471 g/mol. The molecule has 1 aromatic heterocycles. The maximum Gasteiger partial charge on any atom is 0.233 e. The van der Waals surface area contributed by atoms with E-state index >= 15 is 0 Å². The fourth-order valence-electron chi connectivity index (χ4n) is 3.87. The molecule has 1 saturated heterocycles. The molecule has 2 atom stereocenters. The minimum Gasteiger partial charge on any atom is -0.494 e. The van der Waals surface area contributed by atoms with Gasteiger partial charge in [-0.2, -0.15) is 0 Å². The lowest BCUT2D eigenvalue weighted by atomic mass is 10.2. The van der Waals surface area contributed by atoms with E-state index in [1.54, 1.807) is 22.8 Å². The molecular weight excluding hydrogens is 443 g/mol. The Hall–Kier alpha value is -2.91. The van der Waals surface area contributed by atoms with E-state index in [-0.39, 0.29) is 23.9 Å². The van der Waals surface area contributed by atoms with Crippen LogP contribution in [0, 0.1) is 5.82 Å². The number of carbonyl (C=O) groups is 1. The molecule has 1 amide bonds. The zero-order valence-corrected chi connectivity index (χ0v) is 19.7. The van der Waals surface area contributed by atoms with Gasteiger partial charge in [0.15, 0.2) is 11.0 Å². The minimum atomic E-state index is -0.395. The molecule has 1 fully saturated rings. The summed E-state index contributed by atoms with van der Waals surface area (Å²) in [5.74, 6) is 1.01. The highest BCUT2D eigenvalue weighted by Gasteiger charge is 2.27. The molecule has 2 heterocycles. The summed E-state index contributed by atoms with van der Waals surface area (Å²) in [5.41, 5.74) is 1.10. The predicted octanol–water partition coefficient (Wildman–Crippen LogP) is 4.20. The SMILES string of the molecule is CCOc1ccc(-c2nnc(SCC(=O)N3CC(C)OC(C)C3)n2-c2ccccc2F)cc1. The van der Waals surface area contributed by atoms with Gasteiger partial charge in [0.05, 0.1) is 30.3 Å². The van der Waals surface area contributed by atoms with Gasteiger partial charge in [0, 0.05) is 18.7 Å². The van der Waals surface area contributed by atoms with Gasteiger partial charge in [0.1, 0.15) is 11.6 Å². The third kappa shape index (κ3) is 5.36. The summed E-state index contributed by atoms with van der Waals surface area (Å²) in [6.07, 6.45) is -0.00735. The number of hydrogen-bond donors (Lipinski definition) is 0. The maximum absolute atomic E-state index is 14.8. The lowest BCUT2D eigenvalue weighted by molar-refractivity contribution is -0.140. The van der Waals surface area contributed by atoms with Crippen molar-refractivity contribution in [3.8, 4) is 22.8 Å². The second-order valence-corrected chi connectivity index (χ2v) is 8.84. The Morgan fingerprint density at radius 3 is 2.48 bits per heavy atom. The Morgan fingerprint density at radius 1 is 1.12 bits per heavy atom. The molecule has 9 heteroatoms. The molecule has 33 heavy (non-hydrogen) atoms. The number of aromatic nitrogens is 3. The van der Waals surface area contributed by atoms with Crippen LogP contribution in [0.25, 0.3) is 17.1 Å². The van der Waals surface area contributed by atoms with Gasteiger partial charge in [-0.15, -0.1) is 10.2 Å². The Kier molecular flexibility index (Phi) is 7.29. The Balaban J connectivity index is 1.62. The van der Waals surface area contributed by atoms with E-state index in [0.717, 1.165) is 11.3 Å². The number of benzene rings is 2. The number of rotatable bonds is 7. The number of halogens is 1. The van der Waals surface area contributed by atoms with Crippen molar-refractivity contribution in [2.45, 2.75) is 38.1 Å². The first-order valence-corrected chi connectivity index (χ1v) is 11.9. The summed E-state index contributed by atoms with van der Waals surface area (Å²) in [6.45, 7) is 7.52. The molecule has 4 rings (SSSR count). The number of hydrogen-bond acceptors (Lipinski definition) is 6. The van der Waals surface area contributed by atoms with Crippen molar-refractivity contribution in [3.05, 3.63) is 54.3 Å². The van der Waals surface area contributed by atoms with Crippen molar-refractivity contribution in [2.75, 3.05) is 25.4 Å². The van der Waals surface area contributed by atoms with Crippen molar-refractivity contribution in [2.24, 2.45) is 0 Å².